The molecule has 0 heterocycles. The molecule has 1 amide bonds. The molecule has 0 spiro atoms. The quantitative estimate of drug-likeness (QED) is 0.844. The van der Waals surface area contributed by atoms with Crippen LogP contribution in [0.25, 0.3) is 0 Å². The van der Waals surface area contributed by atoms with E-state index < -0.39 is 22.6 Å². The summed E-state index contributed by atoms with van der Waals surface area (Å²) >= 11 is 3.20. The summed E-state index contributed by atoms with van der Waals surface area (Å²) in [6.45, 7) is 5.00. The molecule has 100 valence electrons. The molecule has 1 rings (SSSR count). The molecule has 0 atom stereocenters. The molecule has 0 radical (unpaired) electrons. The topological polar surface area (TPSA) is 63.7 Å². The van der Waals surface area contributed by atoms with Gasteiger partial charge in [-0.25, -0.2) is 13.2 Å². The Morgan fingerprint density at radius 3 is 2.28 bits per heavy atom. The van der Waals surface area contributed by atoms with Gasteiger partial charge in [0.25, 0.3) is 0 Å². The van der Waals surface area contributed by atoms with Crippen LogP contribution in [0.5, 0.6) is 0 Å². The molecule has 0 aliphatic rings. The molecular weight excluding hydrogens is 322 g/mol. The summed E-state index contributed by atoms with van der Waals surface area (Å²) in [6.07, 6.45) is -0.925. The number of nitrogens with zero attached hydrogens (tertiary/aromatic N) is 1. The van der Waals surface area contributed by atoms with Crippen molar-refractivity contribution in [2.24, 2.45) is 0 Å². The number of carbonyl (C=O) groups excluding carboxylic acids is 1. The van der Waals surface area contributed by atoms with Crippen molar-refractivity contribution in [2.75, 3.05) is 4.31 Å². The van der Waals surface area contributed by atoms with E-state index in [0.717, 1.165) is 0 Å². The minimum atomic E-state index is -3.12. The lowest BCUT2D eigenvalue weighted by Gasteiger charge is -2.24. The third kappa shape index (κ3) is 3.99. The Morgan fingerprint density at radius 1 is 1.28 bits per heavy atom. The van der Waals surface area contributed by atoms with Gasteiger partial charge in [0.1, 0.15) is 5.60 Å². The van der Waals surface area contributed by atoms with Crippen LogP contribution in [0.2, 0.25) is 0 Å². The number of hydrogen-bond donors (Lipinski definition) is 1. The maximum atomic E-state index is 11.9. The number of anilines is 1. The van der Waals surface area contributed by atoms with Gasteiger partial charge >= 0.3 is 6.09 Å². The fourth-order valence-electron chi connectivity index (χ4n) is 1.18. The Morgan fingerprint density at radius 2 is 1.83 bits per heavy atom. The molecule has 0 saturated heterocycles. The first kappa shape index (κ1) is 15.0. The van der Waals surface area contributed by atoms with Crippen LogP contribution in [-0.4, -0.2) is 20.1 Å². The molecule has 7 heteroatoms. The first-order chi connectivity index (χ1) is 8.22. The standard InChI is InChI=1S/C11H14BrNO4S/c1-11(2,3)17-10(14)13(18(15)16)9-7-5-4-6-8(9)12/h4-7,18H,1-3H3. The van der Waals surface area contributed by atoms with Crippen LogP contribution in [0, 0.1) is 0 Å². The lowest BCUT2D eigenvalue weighted by molar-refractivity contribution is 0.0610. The van der Waals surface area contributed by atoms with Gasteiger partial charge in [-0.2, -0.15) is 4.31 Å². The van der Waals surface area contributed by atoms with Gasteiger partial charge in [0.15, 0.2) is 0 Å². The molecule has 0 aromatic heterocycles. The number of para-hydroxylation sites is 1. The molecular formula is C11H14BrNO4S. The number of hydrogen-bond acceptors (Lipinski definition) is 4. The molecule has 0 aliphatic heterocycles. The number of amides is 1. The molecule has 1 aromatic carbocycles. The molecule has 0 unspecified atom stereocenters. The van der Waals surface area contributed by atoms with Crippen LogP contribution >= 0.6 is 15.9 Å². The summed E-state index contributed by atoms with van der Waals surface area (Å²) in [5, 5.41) is 0. The van der Waals surface area contributed by atoms with E-state index in [2.05, 4.69) is 15.9 Å². The van der Waals surface area contributed by atoms with Crippen molar-refractivity contribution >= 4 is 38.6 Å². The zero-order chi connectivity index (χ0) is 13.9. The highest BCUT2D eigenvalue weighted by Crippen LogP contribution is 2.27. The minimum Gasteiger partial charge on any atom is -0.443 e. The fraction of sp³-hybridized carbons (Fsp3) is 0.364. The van der Waals surface area contributed by atoms with Crippen LogP contribution in [0.3, 0.4) is 0 Å². The van der Waals surface area contributed by atoms with Gasteiger partial charge in [-0.1, -0.05) is 12.1 Å². The predicted octanol–water partition coefficient (Wildman–Crippen LogP) is 2.72. The minimum absolute atomic E-state index is 0.225. The maximum absolute atomic E-state index is 11.9. The normalized spacial score (nSPS) is 11.4. The van der Waals surface area contributed by atoms with Crippen molar-refractivity contribution in [3.05, 3.63) is 28.7 Å². The fourth-order valence-corrected chi connectivity index (χ4v) is 2.31. The number of thiol groups is 1. The largest absolute Gasteiger partial charge is 0.443 e. The zero-order valence-electron chi connectivity index (χ0n) is 10.2. The average molecular weight is 336 g/mol. The van der Waals surface area contributed by atoms with Crippen LogP contribution in [-0.2, 0) is 15.6 Å². The second kappa shape index (κ2) is 5.71. The summed E-state index contributed by atoms with van der Waals surface area (Å²) in [6, 6.07) is 6.51. The Balaban J connectivity index is 3.13. The monoisotopic (exact) mass is 335 g/mol. The van der Waals surface area contributed by atoms with Crippen molar-refractivity contribution in [1.82, 2.24) is 0 Å². The van der Waals surface area contributed by atoms with E-state index in [1.807, 2.05) is 0 Å². The SMILES string of the molecule is CC(C)(C)OC(=O)N(c1ccccc1Br)[SH](=O)=O. The van der Waals surface area contributed by atoms with Gasteiger partial charge in [-0.15, -0.1) is 0 Å². The zero-order valence-corrected chi connectivity index (χ0v) is 12.7. The Kier molecular flexibility index (Phi) is 4.75. The number of rotatable bonds is 2. The second-order valence-electron chi connectivity index (χ2n) is 4.48. The van der Waals surface area contributed by atoms with Gasteiger partial charge in [-0.05, 0) is 48.8 Å². The van der Waals surface area contributed by atoms with E-state index in [-0.39, 0.29) is 5.69 Å². The highest BCUT2D eigenvalue weighted by atomic mass is 79.9. The smallest absolute Gasteiger partial charge is 0.428 e. The van der Waals surface area contributed by atoms with Gasteiger partial charge in [0.2, 0.25) is 10.9 Å². The third-order valence-electron chi connectivity index (χ3n) is 1.81. The number of ether oxygens (including phenoxy) is 1. The molecule has 0 aliphatic carbocycles. The van der Waals surface area contributed by atoms with E-state index in [1.165, 1.54) is 6.07 Å². The van der Waals surface area contributed by atoms with Crippen molar-refractivity contribution in [3.63, 3.8) is 0 Å². The van der Waals surface area contributed by atoms with E-state index in [0.29, 0.717) is 8.78 Å². The van der Waals surface area contributed by atoms with E-state index in [4.69, 9.17) is 4.74 Å². The Hall–Kier alpha value is -1.08. The van der Waals surface area contributed by atoms with Gasteiger partial charge < -0.3 is 4.74 Å². The molecule has 1 aromatic rings. The Labute approximate surface area is 116 Å². The van der Waals surface area contributed by atoms with Crippen LogP contribution in [0.15, 0.2) is 28.7 Å². The lowest BCUT2D eigenvalue weighted by atomic mass is 10.2. The van der Waals surface area contributed by atoms with Gasteiger partial charge in [0.05, 0.1) is 5.69 Å². The summed E-state index contributed by atoms with van der Waals surface area (Å²) in [7, 11) is -3.12. The molecule has 5 nitrogen and oxygen atoms in total. The number of halogens is 1. The van der Waals surface area contributed by atoms with Crippen molar-refractivity contribution in [3.8, 4) is 0 Å². The number of carbonyl (C=O) groups is 1. The van der Waals surface area contributed by atoms with Crippen LogP contribution in [0.1, 0.15) is 20.8 Å². The predicted molar refractivity (Wildman–Crippen MR) is 73.2 cm³/mol. The average Bonchev–Trinajstić information content (AvgIpc) is 2.17. The van der Waals surface area contributed by atoms with Crippen molar-refractivity contribution < 1.29 is 17.9 Å². The van der Waals surface area contributed by atoms with Crippen LogP contribution in [0.4, 0.5) is 10.5 Å². The molecule has 18 heavy (non-hydrogen) atoms. The molecule has 0 fully saturated rings. The summed E-state index contributed by atoms with van der Waals surface area (Å²) in [5.41, 5.74) is -0.537. The third-order valence-corrected chi connectivity index (χ3v) is 3.19. The van der Waals surface area contributed by atoms with Crippen molar-refractivity contribution in [1.29, 1.82) is 0 Å². The maximum Gasteiger partial charge on any atom is 0.428 e. The summed E-state index contributed by atoms with van der Waals surface area (Å²) in [4.78, 5) is 11.9. The second-order valence-corrected chi connectivity index (χ2v) is 6.21. The molecule has 0 saturated carbocycles. The highest BCUT2D eigenvalue weighted by Gasteiger charge is 2.26. The van der Waals surface area contributed by atoms with Gasteiger partial charge in [-0.3, -0.25) is 0 Å². The molecule has 0 N–H and O–H groups in total. The van der Waals surface area contributed by atoms with Gasteiger partial charge in [0, 0.05) is 4.47 Å². The Bertz CT molecular complexity index is 514. The van der Waals surface area contributed by atoms with E-state index in [1.54, 1.807) is 39.0 Å². The molecule has 0 bridgehead atoms. The first-order valence-electron chi connectivity index (χ1n) is 5.14. The number of benzene rings is 1. The highest BCUT2D eigenvalue weighted by molar-refractivity contribution is 9.10. The first-order valence-corrected chi connectivity index (χ1v) is 7.06. The van der Waals surface area contributed by atoms with Crippen LogP contribution < -0.4 is 4.31 Å². The van der Waals surface area contributed by atoms with E-state index in [9.17, 15) is 13.2 Å². The van der Waals surface area contributed by atoms with E-state index >= 15 is 0 Å². The lowest BCUT2D eigenvalue weighted by Crippen LogP contribution is -2.36. The summed E-state index contributed by atoms with van der Waals surface area (Å²) < 4.78 is 28.6. The summed E-state index contributed by atoms with van der Waals surface area (Å²) in [5.74, 6) is 0. The van der Waals surface area contributed by atoms with Crippen molar-refractivity contribution in [2.45, 2.75) is 26.4 Å².